The van der Waals surface area contributed by atoms with E-state index < -0.39 is 26.4 Å². The second-order valence-corrected chi connectivity index (χ2v) is 7.11. The Hall–Kier alpha value is -1.09. The monoisotopic (exact) mass is 413 g/mol. The van der Waals surface area contributed by atoms with E-state index in [1.165, 1.54) is 18.3 Å². The molecule has 1 aromatic carbocycles. The van der Waals surface area contributed by atoms with E-state index in [-0.39, 0.29) is 20.3 Å². The van der Waals surface area contributed by atoms with E-state index in [9.17, 15) is 12.8 Å². The Balaban J connectivity index is 2.47. The summed E-state index contributed by atoms with van der Waals surface area (Å²) in [5.41, 5.74) is 5.20. The molecule has 0 saturated heterocycles. The quantitative estimate of drug-likeness (QED) is 0.455. The van der Waals surface area contributed by atoms with Crippen molar-refractivity contribution in [2.75, 3.05) is 10.5 Å². The van der Waals surface area contributed by atoms with Crippen LogP contribution in [0, 0.1) is 5.82 Å². The number of nitrogens with two attached hydrogens (primary N) is 1. The van der Waals surface area contributed by atoms with Gasteiger partial charge in [0.25, 0.3) is 10.0 Å². The zero-order chi connectivity index (χ0) is 15.8. The van der Waals surface area contributed by atoms with Crippen LogP contribution in [0.4, 0.5) is 15.8 Å². The second kappa shape index (κ2) is 5.96. The van der Waals surface area contributed by atoms with Crippen LogP contribution in [-0.2, 0) is 10.0 Å². The maximum Gasteiger partial charge on any atom is 0.265 e. The smallest absolute Gasteiger partial charge is 0.265 e. The molecule has 21 heavy (non-hydrogen) atoms. The van der Waals surface area contributed by atoms with E-state index in [4.69, 9.17) is 28.9 Å². The third-order valence-corrected chi connectivity index (χ3v) is 5.41. The molecule has 0 aliphatic carbocycles. The van der Waals surface area contributed by atoms with Gasteiger partial charge in [-0.1, -0.05) is 23.2 Å². The highest BCUT2D eigenvalue weighted by Gasteiger charge is 2.24. The third-order valence-electron chi connectivity index (χ3n) is 2.43. The summed E-state index contributed by atoms with van der Waals surface area (Å²) in [6, 6.07) is 3.73. The predicted molar refractivity (Wildman–Crippen MR) is 83.6 cm³/mol. The van der Waals surface area contributed by atoms with Gasteiger partial charge in [0.1, 0.15) is 10.0 Å². The van der Waals surface area contributed by atoms with Crippen LogP contribution >= 0.6 is 39.1 Å². The van der Waals surface area contributed by atoms with Crippen LogP contribution < -0.4 is 10.5 Å². The molecule has 1 aromatic heterocycles. The van der Waals surface area contributed by atoms with Crippen LogP contribution in [0.15, 0.2) is 33.8 Å². The summed E-state index contributed by atoms with van der Waals surface area (Å²) in [6.07, 6.45) is 1.20. The van der Waals surface area contributed by atoms with Crippen molar-refractivity contribution in [3.05, 3.63) is 44.9 Å². The first-order valence-electron chi connectivity index (χ1n) is 5.29. The largest absolute Gasteiger partial charge is 0.395 e. The van der Waals surface area contributed by atoms with Gasteiger partial charge >= 0.3 is 0 Å². The minimum atomic E-state index is -4.21. The van der Waals surface area contributed by atoms with E-state index in [0.717, 1.165) is 6.07 Å². The van der Waals surface area contributed by atoms with Crippen molar-refractivity contribution in [1.82, 2.24) is 4.98 Å². The van der Waals surface area contributed by atoms with Crippen molar-refractivity contribution >= 4 is 60.5 Å². The minimum absolute atomic E-state index is 0.0245. The Bertz CT molecular complexity index is 800. The average Bonchev–Trinajstić information content (AvgIpc) is 2.42. The molecule has 0 saturated carbocycles. The molecule has 3 N–H and O–H groups in total. The first kappa shape index (κ1) is 16.3. The summed E-state index contributed by atoms with van der Waals surface area (Å²) in [7, 11) is -4.21. The highest BCUT2D eigenvalue weighted by atomic mass is 79.9. The molecular weight excluding hydrogens is 408 g/mol. The molecule has 2 aromatic rings. The van der Waals surface area contributed by atoms with Gasteiger partial charge in [0.2, 0.25) is 0 Å². The van der Waals surface area contributed by atoms with Crippen molar-refractivity contribution in [1.29, 1.82) is 0 Å². The summed E-state index contributed by atoms with van der Waals surface area (Å²) < 4.78 is 40.6. The lowest BCUT2D eigenvalue weighted by molar-refractivity contribution is 0.572. The molecule has 0 aliphatic rings. The number of pyridine rings is 1. The van der Waals surface area contributed by atoms with Crippen LogP contribution in [-0.4, -0.2) is 13.4 Å². The molecule has 10 heteroatoms. The van der Waals surface area contributed by atoms with E-state index in [0.29, 0.717) is 0 Å². The molecule has 0 radical (unpaired) electrons. The standard InChI is InChI=1S/C11H7BrCl2FN3O2S/c12-9-6(13)3-7(10(15)11(9)16)21(19,20)18-5-1-2-8(14)17-4-5/h1-4,18H,16H2. The molecule has 1 heterocycles. The Morgan fingerprint density at radius 3 is 2.57 bits per heavy atom. The van der Waals surface area contributed by atoms with Gasteiger partial charge in [0, 0.05) is 0 Å². The Morgan fingerprint density at radius 1 is 1.33 bits per heavy atom. The first-order valence-corrected chi connectivity index (χ1v) is 8.33. The lowest BCUT2D eigenvalue weighted by atomic mass is 10.3. The number of halogens is 4. The molecule has 2 rings (SSSR count). The number of rotatable bonds is 3. The van der Waals surface area contributed by atoms with E-state index >= 15 is 0 Å². The van der Waals surface area contributed by atoms with Crippen molar-refractivity contribution < 1.29 is 12.8 Å². The highest BCUT2D eigenvalue weighted by molar-refractivity contribution is 9.10. The molecule has 0 atom stereocenters. The molecule has 0 amide bonds. The van der Waals surface area contributed by atoms with Crippen molar-refractivity contribution in [2.45, 2.75) is 4.90 Å². The van der Waals surface area contributed by atoms with Crippen LogP contribution in [0.25, 0.3) is 0 Å². The predicted octanol–water partition coefficient (Wildman–Crippen LogP) is 3.67. The van der Waals surface area contributed by atoms with E-state index in [2.05, 4.69) is 25.6 Å². The molecule has 0 aliphatic heterocycles. The van der Waals surface area contributed by atoms with Crippen molar-refractivity contribution in [3.63, 3.8) is 0 Å². The van der Waals surface area contributed by atoms with Crippen molar-refractivity contribution in [3.8, 4) is 0 Å². The number of hydrogen-bond donors (Lipinski definition) is 2. The number of nitrogen functional groups attached to an aromatic ring is 1. The highest BCUT2D eigenvalue weighted by Crippen LogP contribution is 2.35. The summed E-state index contributed by atoms with van der Waals surface area (Å²) in [5.74, 6) is -1.10. The number of nitrogens with one attached hydrogen (secondary N) is 1. The average molecular weight is 415 g/mol. The fourth-order valence-corrected chi connectivity index (χ4v) is 3.28. The molecular formula is C11H7BrCl2FN3O2S. The summed E-state index contributed by atoms with van der Waals surface area (Å²) in [4.78, 5) is 3.05. The Kier molecular flexibility index (Phi) is 4.62. The van der Waals surface area contributed by atoms with Crippen LogP contribution in [0.2, 0.25) is 10.2 Å². The fourth-order valence-electron chi connectivity index (χ4n) is 1.44. The number of hydrogen-bond acceptors (Lipinski definition) is 4. The minimum Gasteiger partial charge on any atom is -0.395 e. The molecule has 0 fully saturated rings. The topological polar surface area (TPSA) is 85.1 Å². The summed E-state index contributed by atoms with van der Waals surface area (Å²) in [6.45, 7) is 0. The molecule has 112 valence electrons. The number of nitrogens with zero attached hydrogens (tertiary/aromatic N) is 1. The Morgan fingerprint density at radius 2 is 2.00 bits per heavy atom. The maximum absolute atomic E-state index is 14.0. The number of anilines is 2. The van der Waals surface area contributed by atoms with E-state index in [1.807, 2.05) is 0 Å². The lowest BCUT2D eigenvalue weighted by Gasteiger charge is -2.11. The van der Waals surface area contributed by atoms with Gasteiger partial charge in [0.15, 0.2) is 5.82 Å². The second-order valence-electron chi connectivity index (χ2n) is 3.87. The summed E-state index contributed by atoms with van der Waals surface area (Å²) >= 11 is 14.4. The van der Waals surface area contributed by atoms with Crippen LogP contribution in [0.5, 0.6) is 0 Å². The van der Waals surface area contributed by atoms with Crippen LogP contribution in [0.3, 0.4) is 0 Å². The molecule has 0 unspecified atom stereocenters. The summed E-state index contributed by atoms with van der Waals surface area (Å²) in [5, 5.41) is 0.170. The number of benzene rings is 1. The first-order chi connectivity index (χ1) is 9.72. The lowest BCUT2D eigenvalue weighted by Crippen LogP contribution is -2.16. The van der Waals surface area contributed by atoms with Crippen LogP contribution in [0.1, 0.15) is 0 Å². The maximum atomic E-state index is 14.0. The van der Waals surface area contributed by atoms with Crippen molar-refractivity contribution in [2.24, 2.45) is 0 Å². The number of sulfonamides is 1. The van der Waals surface area contributed by atoms with Gasteiger partial charge in [-0.25, -0.2) is 17.8 Å². The van der Waals surface area contributed by atoms with Gasteiger partial charge in [-0.2, -0.15) is 0 Å². The zero-order valence-corrected chi connectivity index (χ0v) is 14.0. The normalized spacial score (nSPS) is 11.4. The fraction of sp³-hybridized carbons (Fsp3) is 0. The van der Waals surface area contributed by atoms with Gasteiger partial charge in [-0.15, -0.1) is 0 Å². The number of aromatic nitrogens is 1. The van der Waals surface area contributed by atoms with Gasteiger partial charge in [-0.05, 0) is 34.1 Å². The van der Waals surface area contributed by atoms with Gasteiger partial charge < -0.3 is 5.73 Å². The zero-order valence-electron chi connectivity index (χ0n) is 10.1. The molecule has 0 bridgehead atoms. The third kappa shape index (κ3) is 3.39. The van der Waals surface area contributed by atoms with Gasteiger partial charge in [0.05, 0.1) is 27.1 Å². The van der Waals surface area contributed by atoms with E-state index in [1.54, 1.807) is 0 Å². The molecule has 5 nitrogen and oxygen atoms in total. The molecule has 0 spiro atoms. The SMILES string of the molecule is Nc1c(F)c(S(=O)(=O)Nc2ccc(Cl)nc2)cc(Cl)c1Br. The Labute approximate surface area is 138 Å². The van der Waals surface area contributed by atoms with Gasteiger partial charge in [-0.3, -0.25) is 4.72 Å².